The number of alkyl halides is 15. The predicted molar refractivity (Wildman–Crippen MR) is 389 cm³/mol. The van der Waals surface area contributed by atoms with E-state index in [1.54, 1.807) is 100 Å². The monoisotopic (exact) mass is 1540 g/mol. The first-order valence-electron chi connectivity index (χ1n) is 32.0. The first kappa shape index (κ1) is 95.6. The maximum absolute atomic E-state index is 12.2. The molecule has 0 unspecified atom stereocenters. The van der Waals surface area contributed by atoms with Crippen LogP contribution in [0.5, 0.6) is 0 Å². The summed E-state index contributed by atoms with van der Waals surface area (Å²) in [6, 6.07) is 72.9. The molecule has 0 fully saturated rings. The molecular formula is C86H64F15N11. The van der Waals surface area contributed by atoms with Crippen molar-refractivity contribution in [2.75, 3.05) is 0 Å². The van der Waals surface area contributed by atoms with Crippen LogP contribution in [0, 0.1) is 194 Å². The molecule has 10 rings (SSSR count). The van der Waals surface area contributed by atoms with Gasteiger partial charge in [0, 0.05) is 0 Å². The zero-order valence-electron chi connectivity index (χ0n) is 61.2. The van der Waals surface area contributed by atoms with Crippen molar-refractivity contribution in [3.63, 3.8) is 0 Å². The lowest BCUT2D eigenvalue weighted by Gasteiger charge is -2.15. The van der Waals surface area contributed by atoms with Gasteiger partial charge in [0.1, 0.15) is 0 Å². The van der Waals surface area contributed by atoms with Gasteiger partial charge in [0.25, 0.3) is 0 Å². The van der Waals surface area contributed by atoms with Gasteiger partial charge in [-0.2, -0.15) is 124 Å². The van der Waals surface area contributed by atoms with Gasteiger partial charge in [-0.1, -0.05) is 108 Å². The molecule has 0 spiro atoms. The molecule has 0 radical (unpaired) electrons. The molecule has 0 amide bonds. The number of halogens is 15. The minimum absolute atomic E-state index is 0.264. The summed E-state index contributed by atoms with van der Waals surface area (Å²) in [5.74, 6) is 0. The highest BCUT2D eigenvalue weighted by atomic mass is 19.4. The van der Waals surface area contributed by atoms with E-state index >= 15 is 0 Å². The molecule has 0 atom stereocenters. The zero-order chi connectivity index (χ0) is 85.3. The molecule has 0 aromatic heterocycles. The minimum atomic E-state index is -4.76. The van der Waals surface area contributed by atoms with Crippen molar-refractivity contribution in [1.82, 2.24) is 0 Å². The summed E-state index contributed by atoms with van der Waals surface area (Å²) >= 11 is 0. The SMILES string of the molecule is Cc1c(C#N)cc(C#N)cc1C#N.Cc1c(C#N)cccc1C#N.Cc1c(C(F)(F)F)cccc1C(F)(F)F.Cc1cc(C#N)cc(C#N)c1.Cc1ccc(C#N)cc1.Cc1ccc(C#N)cc1C#N.Cc1ccc(C(F)(F)F)cc1.Cc1cccc(C#N)c1.Cc1cccc(C(F)(F)F)c1.Cc1ccccc1C(F)(F)F. The molecule has 10 aromatic carbocycles. The van der Waals surface area contributed by atoms with Crippen molar-refractivity contribution in [1.29, 1.82) is 57.9 Å². The van der Waals surface area contributed by atoms with Crippen LogP contribution in [0.2, 0.25) is 0 Å². The molecule has 0 aliphatic carbocycles. The number of rotatable bonds is 0. The topological polar surface area (TPSA) is 262 Å². The first-order chi connectivity index (χ1) is 52.3. The summed E-state index contributed by atoms with van der Waals surface area (Å²) in [5.41, 5.74) is 8.16. The zero-order valence-corrected chi connectivity index (χ0v) is 61.2. The highest BCUT2D eigenvalue weighted by Gasteiger charge is 2.39. The third-order valence-corrected chi connectivity index (χ3v) is 14.6. The summed E-state index contributed by atoms with van der Waals surface area (Å²) in [5, 5.41) is 94.0. The molecule has 0 heterocycles. The molecule has 0 bridgehead atoms. The molecule has 0 saturated carbocycles. The van der Waals surface area contributed by atoms with Crippen LogP contribution in [0.1, 0.15) is 145 Å². The number of aryl methyl sites for hydroxylation is 7. The number of hydrogen-bond acceptors (Lipinski definition) is 11. The Hall–Kier alpha value is -14.5. The molecule has 0 saturated heterocycles. The number of nitriles is 11. The van der Waals surface area contributed by atoms with Crippen LogP contribution in [0.4, 0.5) is 65.9 Å². The molecule has 26 heteroatoms. The maximum atomic E-state index is 12.2. The molecule has 10 aromatic rings. The van der Waals surface area contributed by atoms with Gasteiger partial charge in [-0.25, -0.2) is 0 Å². The van der Waals surface area contributed by atoms with E-state index in [-0.39, 0.29) is 5.56 Å². The quantitative estimate of drug-likeness (QED) is 0.129. The highest BCUT2D eigenvalue weighted by molar-refractivity contribution is 5.53. The fraction of sp³-hybridized carbons (Fsp3) is 0.174. The van der Waals surface area contributed by atoms with E-state index in [0.29, 0.717) is 73.3 Å². The average Bonchev–Trinajstić information content (AvgIpc) is 0.798. The number of hydrogen-bond donors (Lipinski definition) is 0. The average molecular weight is 1540 g/mol. The van der Waals surface area contributed by atoms with E-state index in [1.165, 1.54) is 55.0 Å². The first-order valence-corrected chi connectivity index (χ1v) is 32.0. The van der Waals surface area contributed by atoms with Crippen molar-refractivity contribution < 1.29 is 65.9 Å². The summed E-state index contributed by atoms with van der Waals surface area (Å²) in [6.07, 6.45) is -22.2. The van der Waals surface area contributed by atoms with Crippen LogP contribution in [0.3, 0.4) is 0 Å². The van der Waals surface area contributed by atoms with Crippen LogP contribution in [0.15, 0.2) is 206 Å². The Balaban J connectivity index is 0.000000624. The van der Waals surface area contributed by atoms with Crippen molar-refractivity contribution in [3.8, 4) is 66.8 Å². The summed E-state index contributed by atoms with van der Waals surface area (Å²) in [7, 11) is 0. The second-order valence-electron chi connectivity index (χ2n) is 23.3. The normalized spacial score (nSPS) is 9.91. The van der Waals surface area contributed by atoms with Crippen molar-refractivity contribution in [2.45, 2.75) is 100 Å². The minimum Gasteiger partial charge on any atom is -0.192 e. The van der Waals surface area contributed by atoms with E-state index in [2.05, 4.69) is 12.1 Å². The summed E-state index contributed by atoms with van der Waals surface area (Å²) in [6.45, 7) is 16.8. The molecule has 11 nitrogen and oxygen atoms in total. The third-order valence-electron chi connectivity index (χ3n) is 14.6. The number of benzene rings is 10. The third kappa shape index (κ3) is 34.4. The fourth-order valence-corrected chi connectivity index (χ4v) is 8.66. The summed E-state index contributed by atoms with van der Waals surface area (Å²) in [4.78, 5) is 0. The van der Waals surface area contributed by atoms with Gasteiger partial charge in [0.2, 0.25) is 0 Å². The Kier molecular flexibility index (Phi) is 39.2. The van der Waals surface area contributed by atoms with Gasteiger partial charge in [-0.15, -0.1) is 0 Å². The van der Waals surface area contributed by atoms with E-state index in [9.17, 15) is 65.9 Å². The maximum Gasteiger partial charge on any atom is 0.416 e. The van der Waals surface area contributed by atoms with Crippen molar-refractivity contribution in [2.24, 2.45) is 0 Å². The number of nitrogens with zero attached hydrogens (tertiary/aromatic N) is 11. The standard InChI is InChI=1S/C10H5N3.C9H6F6.3C9H6N2.3C8H7F3.2C8H7N/c1-7-9(5-12)2-8(4-11)3-10(7)6-13;1-5-6(8(10,11)12)3-2-4-7(5)9(13,14)15;1-7-2-8(5-10)4-9(3-7)6-11;1-7-2-3-8(5-10)4-9(7)6-11;1-7-8(5-10)3-2-4-9(7)6-11;1-6-2-4-7(5-3-6)8(9,10)11;1-6-3-2-4-7(5-6)8(9,10)11;1-6-4-2-3-5-7(6)8(9,10)11;1-7-2-4-8(6-9)5-3-7;1-7-3-2-4-8(5-7)6-9/h2-3H,1H3;2-4H,1H3;3*2-4H,1H3;3*2-5H,1H3;2*2-5H,1H3. The lowest BCUT2D eigenvalue weighted by Crippen LogP contribution is -2.14. The van der Waals surface area contributed by atoms with E-state index in [1.807, 2.05) is 125 Å². The summed E-state index contributed by atoms with van der Waals surface area (Å²) < 4.78 is 181. The van der Waals surface area contributed by atoms with E-state index < -0.39 is 64.3 Å². The van der Waals surface area contributed by atoms with Gasteiger partial charge < -0.3 is 0 Å². The van der Waals surface area contributed by atoms with E-state index in [0.717, 1.165) is 82.3 Å². The second-order valence-corrected chi connectivity index (χ2v) is 23.3. The van der Waals surface area contributed by atoms with Gasteiger partial charge in [-0.05, 0) is 223 Å². The molecule has 0 aliphatic heterocycles. The Morgan fingerprint density at radius 1 is 0.196 bits per heavy atom. The lowest BCUT2D eigenvalue weighted by atomic mass is 10.0. The molecular weight excluding hydrogens is 1470 g/mol. The highest BCUT2D eigenvalue weighted by Crippen LogP contribution is 2.39. The Morgan fingerprint density at radius 3 is 0.884 bits per heavy atom. The van der Waals surface area contributed by atoms with Crippen LogP contribution in [-0.4, -0.2) is 0 Å². The fourth-order valence-electron chi connectivity index (χ4n) is 8.66. The van der Waals surface area contributed by atoms with Crippen LogP contribution in [0.25, 0.3) is 0 Å². The Morgan fingerprint density at radius 2 is 0.527 bits per heavy atom. The van der Waals surface area contributed by atoms with Gasteiger partial charge >= 0.3 is 30.9 Å². The van der Waals surface area contributed by atoms with Gasteiger partial charge in [-0.3, -0.25) is 0 Å². The smallest absolute Gasteiger partial charge is 0.192 e. The Bertz CT molecular complexity index is 5160. The van der Waals surface area contributed by atoms with Crippen molar-refractivity contribution in [3.05, 3.63) is 351 Å². The lowest BCUT2D eigenvalue weighted by molar-refractivity contribution is -0.144. The molecule has 112 heavy (non-hydrogen) atoms. The molecule has 0 N–H and O–H groups in total. The Labute approximate surface area is 638 Å². The molecule has 0 aliphatic rings. The predicted octanol–water partition coefficient (Wildman–Crippen LogP) is 23.6. The van der Waals surface area contributed by atoms with Crippen LogP contribution in [-0.2, 0) is 30.9 Å². The van der Waals surface area contributed by atoms with E-state index in [4.69, 9.17) is 57.9 Å². The van der Waals surface area contributed by atoms with Gasteiger partial charge in [0.05, 0.1) is 156 Å². The van der Waals surface area contributed by atoms with Gasteiger partial charge in [0.15, 0.2) is 0 Å². The van der Waals surface area contributed by atoms with Crippen molar-refractivity contribution >= 4 is 0 Å². The van der Waals surface area contributed by atoms with Crippen LogP contribution >= 0.6 is 0 Å². The largest absolute Gasteiger partial charge is 0.416 e. The van der Waals surface area contributed by atoms with Crippen LogP contribution < -0.4 is 0 Å². The molecule has 568 valence electrons. The second kappa shape index (κ2) is 45.9.